The van der Waals surface area contributed by atoms with Crippen molar-refractivity contribution < 1.29 is 4.79 Å². The lowest BCUT2D eigenvalue weighted by molar-refractivity contribution is 0.0907. The zero-order chi connectivity index (χ0) is 21.3. The molecule has 8 heteroatoms. The molecule has 1 fully saturated rings. The van der Waals surface area contributed by atoms with Gasteiger partial charge in [-0.2, -0.15) is 4.98 Å². The van der Waals surface area contributed by atoms with E-state index in [4.69, 9.17) is 4.99 Å². The first-order valence-corrected chi connectivity index (χ1v) is 11.7. The van der Waals surface area contributed by atoms with Crippen LogP contribution >= 0.6 is 11.8 Å². The Balaban J connectivity index is 1.70. The Morgan fingerprint density at radius 3 is 2.70 bits per heavy atom. The van der Waals surface area contributed by atoms with Gasteiger partial charge in [0.05, 0.1) is 12.5 Å². The van der Waals surface area contributed by atoms with E-state index in [-0.39, 0.29) is 12.3 Å². The fourth-order valence-electron chi connectivity index (χ4n) is 4.07. The third-order valence-electron chi connectivity index (χ3n) is 5.79. The first kappa shape index (κ1) is 20.8. The Morgan fingerprint density at radius 2 is 1.97 bits per heavy atom. The number of fused-ring (bicyclic) bond motifs is 1. The van der Waals surface area contributed by atoms with E-state index in [1.54, 1.807) is 9.08 Å². The first-order chi connectivity index (χ1) is 14.5. The van der Waals surface area contributed by atoms with Gasteiger partial charge in [0.15, 0.2) is 0 Å². The summed E-state index contributed by atoms with van der Waals surface area (Å²) in [6, 6.07) is 4.28. The molecular formula is C22H28N6OS. The number of hydrogen-bond acceptors (Lipinski definition) is 6. The molecule has 0 radical (unpaired) electrons. The van der Waals surface area contributed by atoms with Gasteiger partial charge in [-0.3, -0.25) is 14.4 Å². The minimum absolute atomic E-state index is 0.0119. The van der Waals surface area contributed by atoms with Crippen molar-refractivity contribution in [1.29, 1.82) is 0 Å². The normalized spacial score (nSPS) is 15.8. The molecule has 1 aliphatic carbocycles. The van der Waals surface area contributed by atoms with E-state index in [2.05, 4.69) is 15.1 Å². The van der Waals surface area contributed by atoms with E-state index in [0.29, 0.717) is 17.0 Å². The number of carbonyl (C=O) groups is 1. The monoisotopic (exact) mass is 424 g/mol. The molecule has 158 valence electrons. The summed E-state index contributed by atoms with van der Waals surface area (Å²) in [5.74, 6) is 0.559. The molecule has 1 saturated carbocycles. The quantitative estimate of drug-likeness (QED) is 0.597. The number of rotatable bonds is 4. The number of pyridine rings is 1. The standard InChI is InChI=1S/C22H28N6OS/c1-14-10-11-27(19(12-14)24-17-8-6-5-7-9-17)20(29)13-18-15(2)23-21-25-22(30-4)26-28(21)16(18)3/h10-12,17H,5-9,13H2,1-4H3. The Hall–Kier alpha value is -2.48. The van der Waals surface area contributed by atoms with Crippen molar-refractivity contribution in [1.82, 2.24) is 24.1 Å². The van der Waals surface area contributed by atoms with Gasteiger partial charge in [0.1, 0.15) is 5.49 Å². The molecule has 0 atom stereocenters. The molecule has 0 unspecified atom stereocenters. The van der Waals surface area contributed by atoms with Crippen LogP contribution in [0.25, 0.3) is 5.78 Å². The van der Waals surface area contributed by atoms with E-state index >= 15 is 0 Å². The summed E-state index contributed by atoms with van der Waals surface area (Å²) < 4.78 is 3.42. The second-order valence-electron chi connectivity index (χ2n) is 8.00. The summed E-state index contributed by atoms with van der Waals surface area (Å²) in [6.45, 7) is 5.93. The summed E-state index contributed by atoms with van der Waals surface area (Å²) in [5, 5.41) is 5.16. The molecule has 30 heavy (non-hydrogen) atoms. The van der Waals surface area contributed by atoms with E-state index in [1.807, 2.05) is 45.4 Å². The molecule has 3 aromatic rings. The highest BCUT2D eigenvalue weighted by Crippen LogP contribution is 2.20. The maximum atomic E-state index is 13.3. The van der Waals surface area contributed by atoms with Gasteiger partial charge in [-0.05, 0) is 57.6 Å². The van der Waals surface area contributed by atoms with Crippen LogP contribution in [0.15, 0.2) is 28.5 Å². The van der Waals surface area contributed by atoms with Crippen LogP contribution in [0, 0.1) is 20.8 Å². The van der Waals surface area contributed by atoms with Crippen LogP contribution in [0.1, 0.15) is 59.4 Å². The molecule has 0 amide bonds. The minimum Gasteiger partial charge on any atom is -0.274 e. The van der Waals surface area contributed by atoms with E-state index < -0.39 is 0 Å². The average molecular weight is 425 g/mol. The Kier molecular flexibility index (Phi) is 6.04. The van der Waals surface area contributed by atoms with Crippen molar-refractivity contribution >= 4 is 23.4 Å². The summed E-state index contributed by atoms with van der Waals surface area (Å²) in [7, 11) is 0. The van der Waals surface area contributed by atoms with Gasteiger partial charge in [-0.15, -0.1) is 5.10 Å². The zero-order valence-electron chi connectivity index (χ0n) is 18.1. The number of aryl methyl sites for hydroxylation is 3. The van der Waals surface area contributed by atoms with Gasteiger partial charge in [0, 0.05) is 23.1 Å². The molecule has 0 aliphatic heterocycles. The number of nitrogens with zero attached hydrogens (tertiary/aromatic N) is 6. The molecule has 0 aromatic carbocycles. The van der Waals surface area contributed by atoms with Gasteiger partial charge < -0.3 is 0 Å². The van der Waals surface area contributed by atoms with Crippen molar-refractivity contribution in [3.8, 4) is 0 Å². The Labute approximate surface area is 180 Å². The van der Waals surface area contributed by atoms with Crippen LogP contribution in [0.3, 0.4) is 0 Å². The van der Waals surface area contributed by atoms with Gasteiger partial charge in [-0.25, -0.2) is 9.50 Å². The predicted octanol–water partition coefficient (Wildman–Crippen LogP) is 3.69. The lowest BCUT2D eigenvalue weighted by Gasteiger charge is -2.18. The highest BCUT2D eigenvalue weighted by Gasteiger charge is 2.18. The molecule has 0 N–H and O–H groups in total. The fraction of sp³-hybridized carbons (Fsp3) is 0.500. The number of thioether (sulfide) groups is 1. The molecule has 7 nitrogen and oxygen atoms in total. The van der Waals surface area contributed by atoms with Gasteiger partial charge in [-0.1, -0.05) is 31.0 Å². The number of aromatic nitrogens is 5. The minimum atomic E-state index is -0.0119. The molecule has 3 aromatic heterocycles. The molecule has 4 rings (SSSR count). The lowest BCUT2D eigenvalue weighted by Crippen LogP contribution is -2.31. The van der Waals surface area contributed by atoms with Crippen LogP contribution in [0.5, 0.6) is 0 Å². The maximum Gasteiger partial charge on any atom is 0.253 e. The molecule has 3 heterocycles. The van der Waals surface area contributed by atoms with E-state index in [0.717, 1.165) is 40.8 Å². The largest absolute Gasteiger partial charge is 0.274 e. The molecule has 1 aliphatic rings. The molecule has 0 saturated heterocycles. The summed E-state index contributed by atoms with van der Waals surface area (Å²) in [5.41, 5.74) is 4.46. The summed E-state index contributed by atoms with van der Waals surface area (Å²) in [4.78, 5) is 27.3. The van der Waals surface area contributed by atoms with Gasteiger partial charge in [0.2, 0.25) is 11.1 Å². The Morgan fingerprint density at radius 1 is 1.20 bits per heavy atom. The maximum absolute atomic E-state index is 13.3. The highest BCUT2D eigenvalue weighted by atomic mass is 32.2. The second-order valence-corrected chi connectivity index (χ2v) is 8.77. The van der Waals surface area contributed by atoms with Gasteiger partial charge in [0.25, 0.3) is 5.78 Å². The third-order valence-corrected chi connectivity index (χ3v) is 6.33. The smallest absolute Gasteiger partial charge is 0.253 e. The lowest BCUT2D eigenvalue weighted by atomic mass is 9.96. The van der Waals surface area contributed by atoms with E-state index in [9.17, 15) is 4.79 Å². The third kappa shape index (κ3) is 4.19. The van der Waals surface area contributed by atoms with Crippen LogP contribution in [0.2, 0.25) is 0 Å². The average Bonchev–Trinajstić information content (AvgIpc) is 3.15. The number of carbonyl (C=O) groups excluding carboxylic acids is 1. The summed E-state index contributed by atoms with van der Waals surface area (Å²) in [6.07, 6.45) is 9.95. The van der Waals surface area contributed by atoms with E-state index in [1.165, 1.54) is 31.0 Å². The zero-order valence-corrected chi connectivity index (χ0v) is 18.9. The molecule has 0 bridgehead atoms. The predicted molar refractivity (Wildman–Crippen MR) is 118 cm³/mol. The van der Waals surface area contributed by atoms with Crippen LogP contribution in [-0.4, -0.2) is 42.4 Å². The second kappa shape index (κ2) is 8.71. The van der Waals surface area contributed by atoms with Crippen LogP contribution in [0.4, 0.5) is 0 Å². The summed E-state index contributed by atoms with van der Waals surface area (Å²) >= 11 is 1.48. The van der Waals surface area contributed by atoms with Crippen LogP contribution in [-0.2, 0) is 6.42 Å². The van der Waals surface area contributed by atoms with Gasteiger partial charge >= 0.3 is 0 Å². The van der Waals surface area contributed by atoms with Crippen molar-refractivity contribution in [3.05, 3.63) is 46.3 Å². The Bertz CT molecular complexity index is 1160. The van der Waals surface area contributed by atoms with Crippen molar-refractivity contribution in [2.75, 3.05) is 6.26 Å². The van der Waals surface area contributed by atoms with Crippen molar-refractivity contribution in [3.63, 3.8) is 0 Å². The fourth-order valence-corrected chi connectivity index (χ4v) is 4.40. The molecular weight excluding hydrogens is 396 g/mol. The van der Waals surface area contributed by atoms with Crippen molar-refractivity contribution in [2.24, 2.45) is 4.99 Å². The number of hydrogen-bond donors (Lipinski definition) is 0. The SMILES string of the molecule is CSc1nc2nc(C)c(CC(=O)n3ccc(C)cc3=NC3CCCCC3)c(C)n2n1. The highest BCUT2D eigenvalue weighted by molar-refractivity contribution is 7.98. The van der Waals surface area contributed by atoms with Crippen molar-refractivity contribution in [2.45, 2.75) is 70.5 Å². The molecule has 0 spiro atoms. The topological polar surface area (TPSA) is 77.4 Å². The van der Waals surface area contributed by atoms with Crippen LogP contribution < -0.4 is 5.49 Å². The first-order valence-electron chi connectivity index (χ1n) is 10.5.